The molecule has 0 bridgehead atoms. The molecule has 0 aliphatic rings. The van der Waals surface area contributed by atoms with Gasteiger partial charge in [-0.05, 0) is 29.2 Å². The van der Waals surface area contributed by atoms with Gasteiger partial charge < -0.3 is 10.4 Å². The Morgan fingerprint density at radius 1 is 1.19 bits per heavy atom. The largest absolute Gasteiger partial charge is 0.392 e. The fourth-order valence-electron chi connectivity index (χ4n) is 1.98. The van der Waals surface area contributed by atoms with Gasteiger partial charge in [0.15, 0.2) is 0 Å². The molecule has 0 saturated carbocycles. The van der Waals surface area contributed by atoms with Crippen molar-refractivity contribution < 1.29 is 9.90 Å². The molecule has 0 aliphatic heterocycles. The molecule has 0 fully saturated rings. The van der Waals surface area contributed by atoms with Gasteiger partial charge in [0, 0.05) is 17.3 Å². The van der Waals surface area contributed by atoms with Crippen LogP contribution < -0.4 is 5.32 Å². The lowest BCUT2D eigenvalue weighted by Crippen LogP contribution is -2.16. The number of aromatic nitrogens is 1. The second kappa shape index (κ2) is 6.06. The predicted octanol–water partition coefficient (Wildman–Crippen LogP) is 3.12. The lowest BCUT2D eigenvalue weighted by Gasteiger charge is -2.19. The molecular weight excluding hydrogens is 264 g/mol. The molecule has 21 heavy (non-hydrogen) atoms. The van der Waals surface area contributed by atoms with Gasteiger partial charge in [-0.25, -0.2) is 4.98 Å². The molecule has 2 rings (SSSR count). The van der Waals surface area contributed by atoms with E-state index in [0.717, 1.165) is 0 Å². The van der Waals surface area contributed by atoms with Gasteiger partial charge in [-0.15, -0.1) is 0 Å². The smallest absolute Gasteiger partial charge is 0.256 e. The van der Waals surface area contributed by atoms with Crippen molar-refractivity contribution in [3.63, 3.8) is 0 Å². The minimum absolute atomic E-state index is 0.0556. The minimum Gasteiger partial charge on any atom is -0.392 e. The summed E-state index contributed by atoms with van der Waals surface area (Å²) in [5.74, 6) is 0.161. The molecular formula is C17H20N2O2. The molecule has 0 aliphatic carbocycles. The quantitative estimate of drug-likeness (QED) is 0.910. The van der Waals surface area contributed by atoms with E-state index in [1.54, 1.807) is 30.5 Å². The van der Waals surface area contributed by atoms with Crippen LogP contribution in [0.5, 0.6) is 0 Å². The number of pyridine rings is 1. The SMILES string of the molecule is CC(C)(C)c1ccc(C(=O)Nc2ncccc2CO)cc1. The fraction of sp³-hybridized carbons (Fsp3) is 0.294. The maximum atomic E-state index is 12.2. The van der Waals surface area contributed by atoms with Crippen molar-refractivity contribution in [2.75, 3.05) is 5.32 Å². The maximum absolute atomic E-state index is 12.2. The number of carbonyl (C=O) groups is 1. The maximum Gasteiger partial charge on any atom is 0.256 e. The van der Waals surface area contributed by atoms with Crippen molar-refractivity contribution in [2.45, 2.75) is 32.8 Å². The second-order valence-electron chi connectivity index (χ2n) is 5.95. The Morgan fingerprint density at radius 3 is 2.43 bits per heavy atom. The first kappa shape index (κ1) is 15.2. The molecule has 2 aromatic rings. The van der Waals surface area contributed by atoms with Crippen LogP contribution in [0.25, 0.3) is 0 Å². The highest BCUT2D eigenvalue weighted by Gasteiger charge is 2.15. The van der Waals surface area contributed by atoms with Crippen LogP contribution >= 0.6 is 0 Å². The Labute approximate surface area is 124 Å². The standard InChI is InChI=1S/C17H20N2O2/c1-17(2,3)14-8-6-12(7-9-14)16(21)19-15-13(11-20)5-4-10-18-15/h4-10,20H,11H2,1-3H3,(H,18,19,21). The summed E-state index contributed by atoms with van der Waals surface area (Å²) in [5, 5.41) is 12.0. The van der Waals surface area contributed by atoms with Crippen LogP contribution in [0.3, 0.4) is 0 Å². The van der Waals surface area contributed by atoms with Gasteiger partial charge in [0.1, 0.15) is 5.82 Å². The highest BCUT2D eigenvalue weighted by molar-refractivity contribution is 6.04. The number of benzene rings is 1. The van der Waals surface area contributed by atoms with Gasteiger partial charge in [-0.2, -0.15) is 0 Å². The third-order valence-electron chi connectivity index (χ3n) is 3.31. The number of hydrogen-bond acceptors (Lipinski definition) is 3. The van der Waals surface area contributed by atoms with E-state index in [1.807, 2.05) is 12.1 Å². The Balaban J connectivity index is 2.17. The Hall–Kier alpha value is -2.20. The van der Waals surface area contributed by atoms with E-state index in [2.05, 4.69) is 31.1 Å². The zero-order chi connectivity index (χ0) is 15.5. The summed E-state index contributed by atoms with van der Waals surface area (Å²) < 4.78 is 0. The van der Waals surface area contributed by atoms with Crippen LogP contribution in [0.4, 0.5) is 5.82 Å². The first-order valence-corrected chi connectivity index (χ1v) is 6.88. The molecule has 1 heterocycles. The molecule has 0 unspecified atom stereocenters. The minimum atomic E-state index is -0.233. The van der Waals surface area contributed by atoms with Crippen molar-refractivity contribution in [1.29, 1.82) is 0 Å². The van der Waals surface area contributed by atoms with Gasteiger partial charge >= 0.3 is 0 Å². The van der Waals surface area contributed by atoms with Crippen molar-refractivity contribution >= 4 is 11.7 Å². The monoisotopic (exact) mass is 284 g/mol. The van der Waals surface area contributed by atoms with E-state index in [4.69, 9.17) is 0 Å². The van der Waals surface area contributed by atoms with Crippen molar-refractivity contribution in [3.8, 4) is 0 Å². The summed E-state index contributed by atoms with van der Waals surface area (Å²) in [7, 11) is 0. The highest BCUT2D eigenvalue weighted by atomic mass is 16.3. The zero-order valence-corrected chi connectivity index (χ0v) is 12.6. The third-order valence-corrected chi connectivity index (χ3v) is 3.31. The molecule has 2 N–H and O–H groups in total. The normalized spacial score (nSPS) is 11.2. The van der Waals surface area contributed by atoms with Crippen LogP contribution in [0.15, 0.2) is 42.6 Å². The van der Waals surface area contributed by atoms with Crippen LogP contribution in [0.1, 0.15) is 42.3 Å². The number of aliphatic hydroxyl groups excluding tert-OH is 1. The van der Waals surface area contributed by atoms with Gasteiger partial charge in [0.25, 0.3) is 5.91 Å². The van der Waals surface area contributed by atoms with E-state index >= 15 is 0 Å². The summed E-state index contributed by atoms with van der Waals surface area (Å²) in [6, 6.07) is 11.0. The Bertz CT molecular complexity index is 628. The number of amides is 1. The number of carbonyl (C=O) groups excluding carboxylic acids is 1. The fourth-order valence-corrected chi connectivity index (χ4v) is 1.98. The van der Waals surface area contributed by atoms with Crippen molar-refractivity contribution in [2.24, 2.45) is 0 Å². The van der Waals surface area contributed by atoms with Gasteiger partial charge in [-0.1, -0.05) is 39.0 Å². The number of anilines is 1. The van der Waals surface area contributed by atoms with Crippen LogP contribution in [0, 0.1) is 0 Å². The zero-order valence-electron chi connectivity index (χ0n) is 12.6. The highest BCUT2D eigenvalue weighted by Crippen LogP contribution is 2.22. The van der Waals surface area contributed by atoms with Crippen molar-refractivity contribution in [3.05, 3.63) is 59.3 Å². The molecule has 4 heteroatoms. The summed E-state index contributed by atoms with van der Waals surface area (Å²) in [6.45, 7) is 6.23. The summed E-state index contributed by atoms with van der Waals surface area (Å²) in [4.78, 5) is 16.3. The molecule has 1 aromatic heterocycles. The van der Waals surface area contributed by atoms with E-state index in [0.29, 0.717) is 16.9 Å². The number of hydrogen-bond donors (Lipinski definition) is 2. The lowest BCUT2D eigenvalue weighted by atomic mass is 9.87. The van der Waals surface area contributed by atoms with Gasteiger partial charge in [0.05, 0.1) is 6.61 Å². The summed E-state index contributed by atoms with van der Waals surface area (Å²) in [6.07, 6.45) is 1.58. The number of rotatable bonds is 3. The van der Waals surface area contributed by atoms with Gasteiger partial charge in [-0.3, -0.25) is 4.79 Å². The summed E-state index contributed by atoms with van der Waals surface area (Å²) in [5.41, 5.74) is 2.39. The topological polar surface area (TPSA) is 62.2 Å². The molecule has 0 radical (unpaired) electrons. The van der Waals surface area contributed by atoms with Crippen LogP contribution in [-0.4, -0.2) is 16.0 Å². The van der Waals surface area contributed by atoms with E-state index < -0.39 is 0 Å². The molecule has 0 atom stereocenters. The molecule has 0 spiro atoms. The number of aliphatic hydroxyl groups is 1. The van der Waals surface area contributed by atoms with Gasteiger partial charge in [0.2, 0.25) is 0 Å². The molecule has 0 saturated heterocycles. The molecule has 1 aromatic carbocycles. The lowest BCUT2D eigenvalue weighted by molar-refractivity contribution is 0.102. The van der Waals surface area contributed by atoms with E-state index in [9.17, 15) is 9.90 Å². The van der Waals surface area contributed by atoms with Crippen LogP contribution in [-0.2, 0) is 12.0 Å². The first-order valence-electron chi connectivity index (χ1n) is 6.88. The predicted molar refractivity (Wildman–Crippen MR) is 83.3 cm³/mol. The molecule has 110 valence electrons. The van der Waals surface area contributed by atoms with Crippen LogP contribution in [0.2, 0.25) is 0 Å². The second-order valence-corrected chi connectivity index (χ2v) is 5.95. The average molecular weight is 284 g/mol. The molecule has 4 nitrogen and oxygen atoms in total. The first-order chi connectivity index (χ1) is 9.91. The average Bonchev–Trinajstić information content (AvgIpc) is 2.47. The Morgan fingerprint density at radius 2 is 1.86 bits per heavy atom. The summed E-state index contributed by atoms with van der Waals surface area (Å²) >= 11 is 0. The molecule has 1 amide bonds. The Kier molecular flexibility index (Phi) is 4.38. The van der Waals surface area contributed by atoms with E-state index in [1.165, 1.54) is 5.56 Å². The van der Waals surface area contributed by atoms with Crippen molar-refractivity contribution in [1.82, 2.24) is 4.98 Å². The number of nitrogens with zero attached hydrogens (tertiary/aromatic N) is 1. The third kappa shape index (κ3) is 3.67. The number of nitrogens with one attached hydrogen (secondary N) is 1. The van der Waals surface area contributed by atoms with E-state index in [-0.39, 0.29) is 17.9 Å².